The standard InChI is InChI=1S/C19H46O7Si3/c1-20-11-12-22-15-16-24-18-17-23-14-13-21-10-9-19-29(8,25-27(2,3)4)26-28(5,6)7/h9-19H2,1-8H3. The van der Waals surface area contributed by atoms with Crippen molar-refractivity contribution in [2.45, 2.75) is 58.3 Å². The SMILES string of the molecule is COCCOCCOCCOCCOCCC[Si](C)(O[Si](C)(C)C)O[Si](C)(C)C. The molecular formula is C19H46O7Si3. The molecule has 0 spiro atoms. The molecule has 0 atom stereocenters. The topological polar surface area (TPSA) is 64.6 Å². The van der Waals surface area contributed by atoms with Crippen molar-refractivity contribution in [3.8, 4) is 0 Å². The average molecular weight is 471 g/mol. The van der Waals surface area contributed by atoms with Crippen molar-refractivity contribution in [1.82, 2.24) is 0 Å². The van der Waals surface area contributed by atoms with Crippen molar-refractivity contribution < 1.29 is 31.9 Å². The van der Waals surface area contributed by atoms with Crippen molar-refractivity contribution >= 4 is 25.2 Å². The first kappa shape index (κ1) is 29.4. The van der Waals surface area contributed by atoms with Gasteiger partial charge in [0.15, 0.2) is 16.6 Å². The van der Waals surface area contributed by atoms with Crippen LogP contribution in [0, 0.1) is 0 Å². The normalized spacial score (nSPS) is 13.2. The van der Waals surface area contributed by atoms with E-state index in [2.05, 4.69) is 45.8 Å². The summed E-state index contributed by atoms with van der Waals surface area (Å²) in [6.07, 6.45) is 0.962. The molecule has 0 aromatic rings. The highest BCUT2D eigenvalue weighted by molar-refractivity contribution is 6.87. The molecule has 29 heavy (non-hydrogen) atoms. The van der Waals surface area contributed by atoms with Crippen LogP contribution in [0.2, 0.25) is 51.9 Å². The van der Waals surface area contributed by atoms with Crippen LogP contribution >= 0.6 is 0 Å². The highest BCUT2D eigenvalue weighted by Crippen LogP contribution is 2.25. The van der Waals surface area contributed by atoms with Crippen LogP contribution in [0.25, 0.3) is 0 Å². The molecular weight excluding hydrogens is 424 g/mol. The highest BCUT2D eigenvalue weighted by Gasteiger charge is 2.39. The molecule has 0 rings (SSSR count). The van der Waals surface area contributed by atoms with E-state index in [1.54, 1.807) is 7.11 Å². The van der Waals surface area contributed by atoms with Crippen LogP contribution in [-0.4, -0.2) is 91.8 Å². The van der Waals surface area contributed by atoms with Gasteiger partial charge in [-0.15, -0.1) is 0 Å². The van der Waals surface area contributed by atoms with Crippen LogP contribution < -0.4 is 0 Å². The Kier molecular flexibility index (Phi) is 16.3. The summed E-state index contributed by atoms with van der Waals surface area (Å²) in [5.74, 6) is 0. The summed E-state index contributed by atoms with van der Waals surface area (Å²) in [4.78, 5) is 0. The van der Waals surface area contributed by atoms with Crippen molar-refractivity contribution in [3.63, 3.8) is 0 Å². The van der Waals surface area contributed by atoms with Gasteiger partial charge < -0.3 is 31.9 Å². The number of rotatable bonds is 20. The molecule has 0 saturated carbocycles. The molecule has 0 saturated heterocycles. The minimum absolute atomic E-state index is 0.569. The van der Waals surface area contributed by atoms with Crippen LogP contribution in [0.1, 0.15) is 6.42 Å². The van der Waals surface area contributed by atoms with Crippen molar-refractivity contribution in [1.29, 1.82) is 0 Å². The first-order chi connectivity index (χ1) is 13.5. The Labute approximate surface area is 182 Å². The lowest BCUT2D eigenvalue weighted by atomic mass is 10.5. The van der Waals surface area contributed by atoms with E-state index in [1.165, 1.54) is 0 Å². The summed E-state index contributed by atoms with van der Waals surface area (Å²) in [6, 6.07) is 0.975. The van der Waals surface area contributed by atoms with E-state index in [4.69, 9.17) is 31.9 Å². The predicted octanol–water partition coefficient (Wildman–Crippen LogP) is 3.86. The van der Waals surface area contributed by atoms with Gasteiger partial charge in [0.2, 0.25) is 0 Å². The molecule has 0 aliphatic rings. The van der Waals surface area contributed by atoms with Gasteiger partial charge in [0.1, 0.15) is 0 Å². The largest absolute Gasteiger partial charge is 0.437 e. The zero-order chi connectivity index (χ0) is 22.2. The van der Waals surface area contributed by atoms with E-state index in [0.717, 1.165) is 12.5 Å². The van der Waals surface area contributed by atoms with Crippen LogP contribution in [0.4, 0.5) is 0 Å². The van der Waals surface area contributed by atoms with E-state index in [0.29, 0.717) is 59.5 Å². The second-order valence-electron chi connectivity index (χ2n) is 9.11. The van der Waals surface area contributed by atoms with Gasteiger partial charge in [0, 0.05) is 13.7 Å². The molecule has 7 nitrogen and oxygen atoms in total. The summed E-state index contributed by atoms with van der Waals surface area (Å²) in [5.41, 5.74) is 0. The van der Waals surface area contributed by atoms with Gasteiger partial charge in [-0.05, 0) is 58.3 Å². The third kappa shape index (κ3) is 21.4. The van der Waals surface area contributed by atoms with E-state index in [1.807, 2.05) is 0 Å². The third-order valence-corrected chi connectivity index (χ3v) is 13.1. The minimum Gasteiger partial charge on any atom is -0.437 e. The first-order valence-corrected chi connectivity index (χ1v) is 20.0. The number of hydrogen-bond donors (Lipinski definition) is 0. The summed E-state index contributed by atoms with van der Waals surface area (Å²) in [5, 5.41) is 0. The zero-order valence-corrected chi connectivity index (χ0v) is 23.1. The maximum absolute atomic E-state index is 6.50. The average Bonchev–Trinajstić information content (AvgIpc) is 2.54. The maximum Gasteiger partial charge on any atom is 0.314 e. The smallest absolute Gasteiger partial charge is 0.314 e. The Morgan fingerprint density at radius 3 is 1.17 bits per heavy atom. The number of hydrogen-bond acceptors (Lipinski definition) is 7. The van der Waals surface area contributed by atoms with Crippen LogP contribution in [-0.2, 0) is 31.9 Å². The molecule has 0 N–H and O–H groups in total. The van der Waals surface area contributed by atoms with Gasteiger partial charge in [0.05, 0.1) is 52.9 Å². The van der Waals surface area contributed by atoms with Gasteiger partial charge in [0.25, 0.3) is 0 Å². The lowest BCUT2D eigenvalue weighted by Crippen LogP contribution is -2.52. The monoisotopic (exact) mass is 470 g/mol. The Morgan fingerprint density at radius 1 is 0.483 bits per heavy atom. The lowest BCUT2D eigenvalue weighted by Gasteiger charge is -2.38. The molecule has 0 unspecified atom stereocenters. The molecule has 176 valence electrons. The van der Waals surface area contributed by atoms with Crippen molar-refractivity contribution in [2.75, 3.05) is 66.6 Å². The summed E-state index contributed by atoms with van der Waals surface area (Å²) < 4.78 is 39.9. The fourth-order valence-corrected chi connectivity index (χ4v) is 15.3. The fraction of sp³-hybridized carbons (Fsp3) is 1.00. The van der Waals surface area contributed by atoms with E-state index in [9.17, 15) is 0 Å². The van der Waals surface area contributed by atoms with Crippen LogP contribution in [0.15, 0.2) is 0 Å². The summed E-state index contributed by atoms with van der Waals surface area (Å²) >= 11 is 0. The minimum atomic E-state index is -2.15. The Morgan fingerprint density at radius 2 is 0.828 bits per heavy atom. The number of ether oxygens (including phenoxy) is 5. The van der Waals surface area contributed by atoms with Gasteiger partial charge in [-0.25, -0.2) is 0 Å². The third-order valence-electron chi connectivity index (χ3n) is 3.51. The molecule has 0 aliphatic heterocycles. The molecule has 0 aromatic heterocycles. The van der Waals surface area contributed by atoms with Crippen molar-refractivity contribution in [2.24, 2.45) is 0 Å². The molecule has 10 heteroatoms. The summed E-state index contributed by atoms with van der Waals surface area (Å²) in [6.45, 7) is 21.0. The lowest BCUT2D eigenvalue weighted by molar-refractivity contribution is -0.00776. The van der Waals surface area contributed by atoms with Gasteiger partial charge in [-0.3, -0.25) is 0 Å². The molecule has 0 radical (unpaired) electrons. The van der Waals surface area contributed by atoms with Gasteiger partial charge in [-0.1, -0.05) is 0 Å². The quantitative estimate of drug-likeness (QED) is 0.198. The molecule has 0 aliphatic carbocycles. The Bertz CT molecular complexity index is 371. The van der Waals surface area contributed by atoms with Crippen molar-refractivity contribution in [3.05, 3.63) is 0 Å². The van der Waals surface area contributed by atoms with E-state index >= 15 is 0 Å². The molecule has 0 aromatic carbocycles. The Hall–Kier alpha value is 0.371. The molecule has 0 amide bonds. The first-order valence-electron chi connectivity index (χ1n) is 10.7. The van der Waals surface area contributed by atoms with Crippen LogP contribution in [0.3, 0.4) is 0 Å². The van der Waals surface area contributed by atoms with E-state index < -0.39 is 25.2 Å². The molecule has 0 fully saturated rings. The van der Waals surface area contributed by atoms with Gasteiger partial charge >= 0.3 is 8.56 Å². The highest BCUT2D eigenvalue weighted by atomic mass is 28.5. The second kappa shape index (κ2) is 16.1. The number of methoxy groups -OCH3 is 1. The maximum atomic E-state index is 6.50. The zero-order valence-electron chi connectivity index (χ0n) is 20.1. The second-order valence-corrected chi connectivity index (χ2v) is 22.0. The fourth-order valence-electron chi connectivity index (χ4n) is 2.82. The Balaban J connectivity index is 3.70. The van der Waals surface area contributed by atoms with E-state index in [-0.39, 0.29) is 0 Å². The summed E-state index contributed by atoms with van der Waals surface area (Å²) in [7, 11) is -3.75. The molecule has 0 heterocycles. The molecule has 0 bridgehead atoms. The predicted molar refractivity (Wildman–Crippen MR) is 125 cm³/mol. The van der Waals surface area contributed by atoms with Crippen LogP contribution in [0.5, 0.6) is 0 Å². The van der Waals surface area contributed by atoms with Gasteiger partial charge in [-0.2, -0.15) is 0 Å².